The lowest BCUT2D eigenvalue weighted by Gasteiger charge is -2.15. The van der Waals surface area contributed by atoms with Crippen LogP contribution in [0, 0.1) is 10.1 Å². The third-order valence-electron chi connectivity index (χ3n) is 4.47. The van der Waals surface area contributed by atoms with Gasteiger partial charge in [-0.25, -0.2) is 0 Å². The van der Waals surface area contributed by atoms with Crippen LogP contribution in [-0.4, -0.2) is 32.6 Å². The maximum atomic E-state index is 12.6. The van der Waals surface area contributed by atoms with E-state index >= 15 is 0 Å². The number of carbonyl (C=O) groups is 2. The van der Waals surface area contributed by atoms with Gasteiger partial charge in [-0.1, -0.05) is 40.9 Å². The highest BCUT2D eigenvalue weighted by Crippen LogP contribution is 2.39. The molecule has 0 atom stereocenters. The molecule has 2 heterocycles. The van der Waals surface area contributed by atoms with Crippen LogP contribution >= 0.6 is 34.8 Å². The first kappa shape index (κ1) is 21.8. The van der Waals surface area contributed by atoms with E-state index in [1.807, 2.05) is 0 Å². The molecule has 1 aliphatic heterocycles. The molecule has 32 heavy (non-hydrogen) atoms. The van der Waals surface area contributed by atoms with Gasteiger partial charge in [-0.2, -0.15) is 15.2 Å². The normalized spacial score (nSPS) is 13.3. The molecule has 162 valence electrons. The molecule has 0 saturated carbocycles. The number of benzene rings is 2. The Kier molecular flexibility index (Phi) is 5.83. The highest BCUT2D eigenvalue weighted by Gasteiger charge is 2.31. The summed E-state index contributed by atoms with van der Waals surface area (Å²) in [6.07, 6.45) is 1.36. The summed E-state index contributed by atoms with van der Waals surface area (Å²) in [4.78, 5) is 35.5. The second-order valence-electron chi connectivity index (χ2n) is 6.56. The van der Waals surface area contributed by atoms with Crippen molar-refractivity contribution in [2.75, 3.05) is 10.3 Å². The Bertz CT molecular complexity index is 1280. The van der Waals surface area contributed by atoms with Gasteiger partial charge in [0.05, 0.1) is 32.7 Å². The van der Waals surface area contributed by atoms with Crippen LogP contribution < -0.4 is 10.3 Å². The van der Waals surface area contributed by atoms with Crippen LogP contribution in [0.4, 0.5) is 17.2 Å². The monoisotopic (exact) mass is 492 g/mol. The molecule has 0 unspecified atom stereocenters. The number of hydrogen-bond donors (Lipinski definition) is 2. The molecule has 2 amide bonds. The number of hydrogen-bond acceptors (Lipinski definition) is 6. The van der Waals surface area contributed by atoms with Crippen molar-refractivity contribution in [1.82, 2.24) is 10.2 Å². The maximum absolute atomic E-state index is 12.6. The highest BCUT2D eigenvalue weighted by atomic mass is 35.5. The summed E-state index contributed by atoms with van der Waals surface area (Å²) in [6.45, 7) is 0. The first-order valence-corrected chi connectivity index (χ1v) is 10.0. The molecule has 0 bridgehead atoms. The summed E-state index contributed by atoms with van der Waals surface area (Å²) in [7, 11) is 0. The molecule has 10 nitrogen and oxygen atoms in total. The molecule has 3 aromatic rings. The fourth-order valence-corrected chi connectivity index (χ4v) is 4.01. The van der Waals surface area contributed by atoms with Crippen LogP contribution in [0.15, 0.2) is 47.7 Å². The number of halogens is 3. The van der Waals surface area contributed by atoms with E-state index in [1.54, 1.807) is 0 Å². The molecule has 13 heteroatoms. The van der Waals surface area contributed by atoms with E-state index in [-0.39, 0.29) is 39.2 Å². The molecular formula is C19H11Cl3N6O4. The minimum atomic E-state index is -0.618. The Hall–Kier alpha value is -3.47. The maximum Gasteiger partial charge on any atom is 0.270 e. The van der Waals surface area contributed by atoms with Gasteiger partial charge in [0.25, 0.3) is 17.5 Å². The van der Waals surface area contributed by atoms with Gasteiger partial charge in [-0.05, 0) is 18.2 Å². The van der Waals surface area contributed by atoms with Gasteiger partial charge in [0, 0.05) is 28.9 Å². The summed E-state index contributed by atoms with van der Waals surface area (Å²) in [6, 6.07) is 8.12. The van der Waals surface area contributed by atoms with Gasteiger partial charge >= 0.3 is 0 Å². The minimum Gasteiger partial charge on any atom is -0.305 e. The van der Waals surface area contributed by atoms with Crippen molar-refractivity contribution >= 4 is 69.5 Å². The summed E-state index contributed by atoms with van der Waals surface area (Å²) in [5.41, 5.74) is 0.696. The topological polar surface area (TPSA) is 134 Å². The van der Waals surface area contributed by atoms with Gasteiger partial charge in [0.15, 0.2) is 5.82 Å². The number of amides is 2. The minimum absolute atomic E-state index is 0.0685. The van der Waals surface area contributed by atoms with Crippen LogP contribution in [0.5, 0.6) is 0 Å². The number of nitro groups is 1. The number of hydrazone groups is 1. The number of rotatable bonds is 5. The Balaban J connectivity index is 1.62. The standard InChI is InChI=1S/C19H11Cl3N6O4/c20-10-5-13(21)17(14(22)6-10)27-16(29)7-15(26-27)12-8-23-25-18(12)24-19(30)9-2-1-3-11(4-9)28(31)32/h1-6,8H,7H2,(H2,23,24,25,30). The molecule has 4 rings (SSSR count). The summed E-state index contributed by atoms with van der Waals surface area (Å²) in [5.74, 6) is -0.917. The summed E-state index contributed by atoms with van der Waals surface area (Å²) >= 11 is 18.3. The number of non-ortho nitro benzene ring substituents is 1. The number of aromatic nitrogens is 2. The lowest BCUT2D eigenvalue weighted by molar-refractivity contribution is -0.384. The number of aromatic amines is 1. The lowest BCUT2D eigenvalue weighted by Crippen LogP contribution is -2.20. The van der Waals surface area contributed by atoms with Gasteiger partial charge in [0.2, 0.25) is 0 Å². The number of nitrogens with one attached hydrogen (secondary N) is 2. The van der Waals surface area contributed by atoms with Gasteiger partial charge < -0.3 is 5.32 Å². The lowest BCUT2D eigenvalue weighted by atomic mass is 10.1. The largest absolute Gasteiger partial charge is 0.305 e. The number of H-pyrrole nitrogens is 1. The second-order valence-corrected chi connectivity index (χ2v) is 7.81. The van der Waals surface area contributed by atoms with Crippen molar-refractivity contribution in [3.8, 4) is 0 Å². The molecule has 0 radical (unpaired) electrons. The zero-order valence-corrected chi connectivity index (χ0v) is 18.1. The van der Waals surface area contributed by atoms with Crippen LogP contribution in [0.2, 0.25) is 15.1 Å². The molecule has 0 aliphatic carbocycles. The third-order valence-corrected chi connectivity index (χ3v) is 5.27. The third kappa shape index (κ3) is 4.15. The van der Waals surface area contributed by atoms with Gasteiger partial charge in [-0.15, -0.1) is 0 Å². The van der Waals surface area contributed by atoms with Crippen molar-refractivity contribution in [3.63, 3.8) is 0 Å². The van der Waals surface area contributed by atoms with Crippen LogP contribution in [0.25, 0.3) is 0 Å². The molecule has 0 spiro atoms. The fraction of sp³-hybridized carbons (Fsp3) is 0.0526. The average Bonchev–Trinajstić information content (AvgIpc) is 3.34. The SMILES string of the molecule is O=C(Nc1n[nH]cc1C1=NN(c2c(Cl)cc(Cl)cc2Cl)C(=O)C1)c1cccc([N+](=O)[O-])c1. The Morgan fingerprint density at radius 2 is 1.91 bits per heavy atom. The molecule has 2 N–H and O–H groups in total. The quantitative estimate of drug-likeness (QED) is 0.393. The van der Waals surface area contributed by atoms with E-state index < -0.39 is 16.7 Å². The predicted molar refractivity (Wildman–Crippen MR) is 120 cm³/mol. The first-order valence-electron chi connectivity index (χ1n) is 8.89. The molecule has 0 saturated heterocycles. The van der Waals surface area contributed by atoms with Crippen molar-refractivity contribution in [2.24, 2.45) is 5.10 Å². The Labute approximate surface area is 194 Å². The van der Waals surface area contributed by atoms with Crippen molar-refractivity contribution < 1.29 is 14.5 Å². The smallest absolute Gasteiger partial charge is 0.270 e. The van der Waals surface area contributed by atoms with Crippen LogP contribution in [0.1, 0.15) is 22.3 Å². The summed E-state index contributed by atoms with van der Waals surface area (Å²) in [5, 5.41) is 26.1. The zero-order valence-electron chi connectivity index (χ0n) is 15.8. The molecular weight excluding hydrogens is 483 g/mol. The highest BCUT2D eigenvalue weighted by molar-refractivity contribution is 6.42. The van der Waals surface area contributed by atoms with Crippen molar-refractivity contribution in [3.05, 3.63) is 78.9 Å². The van der Waals surface area contributed by atoms with E-state index in [9.17, 15) is 19.7 Å². The van der Waals surface area contributed by atoms with Gasteiger partial charge in [-0.3, -0.25) is 24.8 Å². The average molecular weight is 494 g/mol. The Morgan fingerprint density at radius 1 is 1.19 bits per heavy atom. The van der Waals surface area contributed by atoms with Gasteiger partial charge in [0.1, 0.15) is 5.69 Å². The second kappa shape index (κ2) is 8.58. The molecule has 2 aromatic carbocycles. The molecule has 0 fully saturated rings. The first-order chi connectivity index (χ1) is 15.2. The van der Waals surface area contributed by atoms with E-state index in [4.69, 9.17) is 34.8 Å². The summed E-state index contributed by atoms with van der Waals surface area (Å²) < 4.78 is 0. The number of nitrogens with zero attached hydrogens (tertiary/aromatic N) is 4. The van der Waals surface area contributed by atoms with E-state index in [1.165, 1.54) is 36.5 Å². The number of nitro benzene ring substituents is 1. The van der Waals surface area contributed by atoms with E-state index in [2.05, 4.69) is 20.6 Å². The number of anilines is 2. The number of carbonyl (C=O) groups excluding carboxylic acids is 2. The van der Waals surface area contributed by atoms with E-state index in [0.717, 1.165) is 11.1 Å². The molecule has 1 aliphatic rings. The zero-order chi connectivity index (χ0) is 23.0. The van der Waals surface area contributed by atoms with Crippen molar-refractivity contribution in [1.29, 1.82) is 0 Å². The van der Waals surface area contributed by atoms with Crippen molar-refractivity contribution in [2.45, 2.75) is 6.42 Å². The fourth-order valence-electron chi connectivity index (χ4n) is 3.04. The predicted octanol–water partition coefficient (Wildman–Crippen LogP) is 4.67. The molecule has 1 aromatic heterocycles. The Morgan fingerprint density at radius 3 is 2.59 bits per heavy atom. The van der Waals surface area contributed by atoms with Crippen LogP contribution in [0.3, 0.4) is 0 Å². The van der Waals surface area contributed by atoms with Crippen LogP contribution in [-0.2, 0) is 4.79 Å². The van der Waals surface area contributed by atoms with E-state index in [0.29, 0.717) is 16.3 Å².